The number of thioether (sulfide) groups is 1. The van der Waals surface area contributed by atoms with E-state index in [9.17, 15) is 13.6 Å². The van der Waals surface area contributed by atoms with E-state index in [2.05, 4.69) is 17.2 Å². The smallest absolute Gasteiger partial charge is 0.321 e. The molecule has 2 aliphatic rings. The number of aromatic nitrogens is 2. The fourth-order valence-electron chi connectivity index (χ4n) is 6.59. The van der Waals surface area contributed by atoms with Gasteiger partial charge in [0.1, 0.15) is 11.6 Å². The highest BCUT2D eigenvalue weighted by atomic mass is 32.2. The molecule has 0 spiro atoms. The lowest BCUT2D eigenvalue weighted by Crippen LogP contribution is -2.36. The average molecular weight is 603 g/mol. The highest BCUT2D eigenvalue weighted by Crippen LogP contribution is 2.41. The van der Waals surface area contributed by atoms with Crippen molar-refractivity contribution in [3.63, 3.8) is 0 Å². The van der Waals surface area contributed by atoms with Crippen LogP contribution in [-0.2, 0) is 0 Å². The number of rotatable bonds is 16. The normalized spacial score (nSPS) is 16.5. The van der Waals surface area contributed by atoms with Crippen LogP contribution in [0.2, 0.25) is 0 Å². The number of hydrogen-bond acceptors (Lipinski definition) is 3. The van der Waals surface area contributed by atoms with Crippen LogP contribution in [0.5, 0.6) is 0 Å². The third-order valence-corrected chi connectivity index (χ3v) is 10.0. The third-order valence-electron chi connectivity index (χ3n) is 9.05. The number of nitrogens with zero attached hydrogens (tertiary/aromatic N) is 2. The van der Waals surface area contributed by atoms with Gasteiger partial charge in [0, 0.05) is 42.4 Å². The number of amides is 2. The number of unbranched alkanes of at least 4 members (excludes halogenated alkanes) is 6. The molecule has 2 N–H and O–H groups in total. The van der Waals surface area contributed by atoms with Crippen LogP contribution < -0.4 is 5.32 Å². The van der Waals surface area contributed by atoms with Gasteiger partial charge in [0.05, 0.1) is 11.4 Å². The average Bonchev–Trinajstić information content (AvgIpc) is 3.44. The van der Waals surface area contributed by atoms with E-state index in [1.807, 2.05) is 11.8 Å². The minimum Gasteiger partial charge on any atom is -0.336 e. The SMILES string of the molecule is CCCCCCCN(CCCCCSc1nc(C2CCCCC2)c(C2CCCCC2)[nH]1)C(=O)Nc1ccc(F)cc1F. The summed E-state index contributed by atoms with van der Waals surface area (Å²) in [4.78, 5) is 23.8. The van der Waals surface area contributed by atoms with E-state index < -0.39 is 11.6 Å². The molecule has 2 saturated carbocycles. The molecule has 1 aromatic heterocycles. The van der Waals surface area contributed by atoms with E-state index >= 15 is 0 Å². The zero-order valence-electron chi connectivity index (χ0n) is 25.7. The van der Waals surface area contributed by atoms with Crippen LogP contribution in [-0.4, -0.2) is 39.7 Å². The van der Waals surface area contributed by atoms with Crippen molar-refractivity contribution < 1.29 is 13.6 Å². The number of carbonyl (C=O) groups excluding carboxylic acids is 1. The van der Waals surface area contributed by atoms with E-state index in [4.69, 9.17) is 4.98 Å². The lowest BCUT2D eigenvalue weighted by molar-refractivity contribution is 0.209. The number of carbonyl (C=O) groups is 1. The topological polar surface area (TPSA) is 61.0 Å². The molecule has 0 saturated heterocycles. The zero-order chi connectivity index (χ0) is 29.6. The molecule has 8 heteroatoms. The molecule has 0 radical (unpaired) electrons. The molecule has 2 aromatic rings. The first-order valence-electron chi connectivity index (χ1n) is 16.8. The van der Waals surface area contributed by atoms with Crippen LogP contribution >= 0.6 is 11.8 Å². The molecule has 5 nitrogen and oxygen atoms in total. The van der Waals surface area contributed by atoms with Crippen molar-refractivity contribution in [3.05, 3.63) is 41.2 Å². The highest BCUT2D eigenvalue weighted by molar-refractivity contribution is 7.99. The first-order chi connectivity index (χ1) is 20.5. The quantitative estimate of drug-likeness (QED) is 0.148. The van der Waals surface area contributed by atoms with Crippen LogP contribution in [0.3, 0.4) is 0 Å². The number of hydrogen-bond donors (Lipinski definition) is 2. The van der Waals surface area contributed by atoms with Gasteiger partial charge in [0.15, 0.2) is 5.16 Å². The van der Waals surface area contributed by atoms with Crippen molar-refractivity contribution in [2.75, 3.05) is 24.2 Å². The second-order valence-electron chi connectivity index (χ2n) is 12.4. The van der Waals surface area contributed by atoms with Gasteiger partial charge in [0.2, 0.25) is 0 Å². The lowest BCUT2D eigenvalue weighted by atomic mass is 9.81. The maximum atomic E-state index is 14.2. The summed E-state index contributed by atoms with van der Waals surface area (Å²) in [6, 6.07) is 2.94. The Morgan fingerprint density at radius 1 is 0.905 bits per heavy atom. The zero-order valence-corrected chi connectivity index (χ0v) is 26.5. The Kier molecular flexibility index (Phi) is 14.0. The van der Waals surface area contributed by atoms with Crippen molar-refractivity contribution in [1.29, 1.82) is 0 Å². The maximum absolute atomic E-state index is 14.2. The first kappa shape index (κ1) is 32.8. The fourth-order valence-corrected chi connectivity index (χ4v) is 7.48. The molecule has 0 bridgehead atoms. The van der Waals surface area contributed by atoms with Gasteiger partial charge in [-0.05, 0) is 57.1 Å². The molecule has 42 heavy (non-hydrogen) atoms. The van der Waals surface area contributed by atoms with Crippen molar-refractivity contribution in [2.24, 2.45) is 0 Å². The molecule has 2 aliphatic carbocycles. The van der Waals surface area contributed by atoms with Gasteiger partial charge in [0.25, 0.3) is 0 Å². The molecule has 0 unspecified atom stereocenters. The molecular weight excluding hydrogens is 550 g/mol. The molecule has 2 amide bonds. The van der Waals surface area contributed by atoms with Gasteiger partial charge in [-0.2, -0.15) is 0 Å². The second-order valence-corrected chi connectivity index (χ2v) is 13.5. The summed E-state index contributed by atoms with van der Waals surface area (Å²) in [5.41, 5.74) is 2.84. The number of urea groups is 1. The number of anilines is 1. The molecular formula is C34H52F2N4OS. The summed E-state index contributed by atoms with van der Waals surface area (Å²) in [6.07, 6.45) is 21.7. The number of aromatic amines is 1. The van der Waals surface area contributed by atoms with Crippen molar-refractivity contribution >= 4 is 23.5 Å². The molecule has 2 fully saturated rings. The highest BCUT2D eigenvalue weighted by Gasteiger charge is 2.27. The maximum Gasteiger partial charge on any atom is 0.321 e. The van der Waals surface area contributed by atoms with E-state index in [0.717, 1.165) is 55.5 Å². The van der Waals surface area contributed by atoms with E-state index in [-0.39, 0.29) is 11.7 Å². The van der Waals surface area contributed by atoms with Gasteiger partial charge in [-0.15, -0.1) is 0 Å². The third kappa shape index (κ3) is 10.3. The molecule has 1 aromatic carbocycles. The van der Waals surface area contributed by atoms with Crippen LogP contribution in [0.25, 0.3) is 0 Å². The van der Waals surface area contributed by atoms with Crippen molar-refractivity contribution in [3.8, 4) is 0 Å². The summed E-state index contributed by atoms with van der Waals surface area (Å²) >= 11 is 1.84. The lowest BCUT2D eigenvalue weighted by Gasteiger charge is -2.25. The Morgan fingerprint density at radius 2 is 1.55 bits per heavy atom. The van der Waals surface area contributed by atoms with E-state index in [0.29, 0.717) is 24.9 Å². The Balaban J connectivity index is 1.25. The van der Waals surface area contributed by atoms with Gasteiger partial charge in [-0.1, -0.05) is 89.3 Å². The van der Waals surface area contributed by atoms with E-state index in [1.165, 1.54) is 101 Å². The Labute approximate surface area is 256 Å². The minimum atomic E-state index is -0.750. The first-order valence-corrected chi connectivity index (χ1v) is 17.8. The van der Waals surface area contributed by atoms with E-state index in [1.54, 1.807) is 4.90 Å². The van der Waals surface area contributed by atoms with Crippen LogP contribution in [0, 0.1) is 11.6 Å². The molecule has 4 rings (SSSR count). The molecule has 1 heterocycles. The summed E-state index contributed by atoms with van der Waals surface area (Å²) < 4.78 is 27.5. The largest absolute Gasteiger partial charge is 0.336 e. The number of imidazole rings is 1. The van der Waals surface area contributed by atoms with Gasteiger partial charge < -0.3 is 15.2 Å². The van der Waals surface area contributed by atoms with Crippen molar-refractivity contribution in [2.45, 2.75) is 139 Å². The van der Waals surface area contributed by atoms with Crippen LogP contribution in [0.15, 0.2) is 23.4 Å². The Hall–Kier alpha value is -2.09. The van der Waals surface area contributed by atoms with Crippen LogP contribution in [0.1, 0.15) is 146 Å². The predicted octanol–water partition coefficient (Wildman–Crippen LogP) is 10.6. The second kappa shape index (κ2) is 17.9. The molecule has 0 atom stereocenters. The number of benzene rings is 1. The summed E-state index contributed by atoms with van der Waals surface area (Å²) in [5.74, 6) is 0.885. The predicted molar refractivity (Wildman–Crippen MR) is 171 cm³/mol. The number of nitrogens with one attached hydrogen (secondary N) is 2. The summed E-state index contributed by atoms with van der Waals surface area (Å²) in [5, 5.41) is 3.74. The Bertz CT molecular complexity index is 1050. The standard InChI is InChI=1S/C34H52F2N4OS/c1-2-3-4-5-13-22-40(34(41)37-30-21-20-28(35)25-29(30)36)23-14-8-15-24-42-33-38-31(26-16-9-6-10-17-26)32(39-33)27-18-11-7-12-19-27/h20-21,25-27H,2-19,22-24H2,1H3,(H,37,41)(H,38,39). The Morgan fingerprint density at radius 3 is 2.21 bits per heavy atom. The summed E-state index contributed by atoms with van der Waals surface area (Å²) in [6.45, 7) is 3.46. The fraction of sp³-hybridized carbons (Fsp3) is 0.706. The van der Waals surface area contributed by atoms with Crippen LogP contribution in [0.4, 0.5) is 19.3 Å². The monoisotopic (exact) mass is 602 g/mol. The summed E-state index contributed by atoms with van der Waals surface area (Å²) in [7, 11) is 0. The van der Waals surface area contributed by atoms with Gasteiger partial charge >= 0.3 is 6.03 Å². The minimum absolute atomic E-state index is 0.0208. The van der Waals surface area contributed by atoms with Gasteiger partial charge in [-0.3, -0.25) is 0 Å². The van der Waals surface area contributed by atoms with Gasteiger partial charge in [-0.25, -0.2) is 18.6 Å². The van der Waals surface area contributed by atoms with Crippen molar-refractivity contribution in [1.82, 2.24) is 14.9 Å². The number of halogens is 2. The molecule has 0 aliphatic heterocycles. The molecule has 234 valence electrons. The number of H-pyrrole nitrogens is 1.